The molecule has 1 aliphatic heterocycles. The lowest BCUT2D eigenvalue weighted by Crippen LogP contribution is -2.33. The van der Waals surface area contributed by atoms with E-state index < -0.39 is 10.0 Å². The van der Waals surface area contributed by atoms with Gasteiger partial charge in [0.25, 0.3) is 0 Å². The molecule has 0 bridgehead atoms. The monoisotopic (exact) mass is 369 g/mol. The molecule has 1 heterocycles. The minimum atomic E-state index is -3.60. The molecule has 7 nitrogen and oxygen atoms in total. The second kappa shape index (κ2) is 9.17. The van der Waals surface area contributed by atoms with Gasteiger partial charge < -0.3 is 15.0 Å². The van der Waals surface area contributed by atoms with Gasteiger partial charge >= 0.3 is 0 Å². The fourth-order valence-corrected chi connectivity index (χ4v) is 4.00. The van der Waals surface area contributed by atoms with E-state index in [1.165, 1.54) is 51.5 Å². The molecular weight excluding hydrogens is 342 g/mol. The number of amides is 1. The molecule has 1 aliphatic rings. The number of hydrogen-bond donors (Lipinski definition) is 2. The minimum Gasteiger partial charge on any atom is -0.495 e. The molecule has 2 N–H and O–H groups in total. The summed E-state index contributed by atoms with van der Waals surface area (Å²) >= 11 is 0. The lowest BCUT2D eigenvalue weighted by atomic mass is 10.1. The average molecular weight is 369 g/mol. The Balaban J connectivity index is 1.92. The van der Waals surface area contributed by atoms with Gasteiger partial charge in [0.15, 0.2) is 0 Å². The number of carbonyl (C=O) groups is 1. The Morgan fingerprint density at radius 2 is 1.96 bits per heavy atom. The van der Waals surface area contributed by atoms with Gasteiger partial charge in [-0.15, -0.1) is 0 Å². The van der Waals surface area contributed by atoms with Crippen molar-refractivity contribution in [3.63, 3.8) is 0 Å². The van der Waals surface area contributed by atoms with Crippen molar-refractivity contribution in [2.45, 2.75) is 37.5 Å². The van der Waals surface area contributed by atoms with Gasteiger partial charge in [0.05, 0.1) is 17.7 Å². The zero-order valence-corrected chi connectivity index (χ0v) is 15.7. The number of sulfonamides is 1. The molecule has 1 fully saturated rings. The first-order valence-electron chi connectivity index (χ1n) is 8.60. The van der Waals surface area contributed by atoms with Gasteiger partial charge in [-0.25, -0.2) is 13.1 Å². The lowest BCUT2D eigenvalue weighted by molar-refractivity contribution is -0.114. The first-order chi connectivity index (χ1) is 11.9. The third-order valence-corrected chi connectivity index (χ3v) is 5.64. The van der Waals surface area contributed by atoms with Crippen LogP contribution in [-0.2, 0) is 14.8 Å². The zero-order chi connectivity index (χ0) is 18.3. The van der Waals surface area contributed by atoms with E-state index in [1.807, 2.05) is 0 Å². The van der Waals surface area contributed by atoms with Gasteiger partial charge in [-0.05, 0) is 51.0 Å². The van der Waals surface area contributed by atoms with Crippen molar-refractivity contribution in [2.24, 2.45) is 0 Å². The van der Waals surface area contributed by atoms with Crippen LogP contribution in [0, 0.1) is 0 Å². The molecule has 8 heteroatoms. The highest BCUT2D eigenvalue weighted by Crippen LogP contribution is 2.27. The molecule has 1 aromatic carbocycles. The van der Waals surface area contributed by atoms with E-state index in [0.29, 0.717) is 18.0 Å². The summed E-state index contributed by atoms with van der Waals surface area (Å²) in [5.74, 6) is 0.0659. The molecule has 0 aromatic heterocycles. The normalized spacial score (nSPS) is 15.8. The Bertz CT molecular complexity index is 685. The van der Waals surface area contributed by atoms with Crippen LogP contribution in [0.5, 0.6) is 5.75 Å². The van der Waals surface area contributed by atoms with Gasteiger partial charge in [-0.1, -0.05) is 6.42 Å². The summed E-state index contributed by atoms with van der Waals surface area (Å²) in [6, 6.07) is 4.40. The van der Waals surface area contributed by atoms with E-state index in [4.69, 9.17) is 4.74 Å². The molecule has 0 radical (unpaired) electrons. The van der Waals surface area contributed by atoms with Crippen LogP contribution < -0.4 is 14.8 Å². The number of hydrogen-bond acceptors (Lipinski definition) is 5. The summed E-state index contributed by atoms with van der Waals surface area (Å²) in [6.45, 7) is 4.90. The number of nitrogens with zero attached hydrogens (tertiary/aromatic N) is 1. The molecular formula is C17H27N3O4S. The Kier molecular flexibility index (Phi) is 7.22. The number of anilines is 1. The highest BCUT2D eigenvalue weighted by molar-refractivity contribution is 7.89. The van der Waals surface area contributed by atoms with Gasteiger partial charge in [0.2, 0.25) is 15.9 Å². The van der Waals surface area contributed by atoms with Gasteiger partial charge in [0, 0.05) is 19.5 Å². The van der Waals surface area contributed by atoms with Gasteiger partial charge in [0.1, 0.15) is 5.75 Å². The second-order valence-corrected chi connectivity index (χ2v) is 7.96. The van der Waals surface area contributed by atoms with Crippen molar-refractivity contribution in [2.75, 3.05) is 38.6 Å². The summed E-state index contributed by atoms with van der Waals surface area (Å²) in [7, 11) is -2.17. The summed E-state index contributed by atoms with van der Waals surface area (Å²) in [4.78, 5) is 13.7. The number of piperidine rings is 1. The molecule has 0 atom stereocenters. The number of likely N-dealkylation sites (tertiary alicyclic amines) is 1. The first kappa shape index (κ1) is 19.7. The molecule has 0 spiro atoms. The van der Waals surface area contributed by atoms with Gasteiger partial charge in [-0.3, -0.25) is 4.79 Å². The summed E-state index contributed by atoms with van der Waals surface area (Å²) in [5.41, 5.74) is 0.444. The highest BCUT2D eigenvalue weighted by Gasteiger charge is 2.17. The predicted molar refractivity (Wildman–Crippen MR) is 97.4 cm³/mol. The van der Waals surface area contributed by atoms with Crippen LogP contribution in [0.25, 0.3) is 0 Å². The van der Waals surface area contributed by atoms with Crippen LogP contribution in [0.2, 0.25) is 0 Å². The molecule has 0 saturated carbocycles. The second-order valence-electron chi connectivity index (χ2n) is 6.20. The highest BCUT2D eigenvalue weighted by atomic mass is 32.2. The number of benzene rings is 1. The first-order valence-corrected chi connectivity index (χ1v) is 10.1. The van der Waals surface area contributed by atoms with Crippen LogP contribution >= 0.6 is 0 Å². The van der Waals surface area contributed by atoms with Gasteiger partial charge in [-0.2, -0.15) is 0 Å². The van der Waals surface area contributed by atoms with Crippen LogP contribution in [0.15, 0.2) is 23.1 Å². The SMILES string of the molecule is COc1cc(S(=O)(=O)NCCCN2CCCCC2)ccc1NC(C)=O. The molecule has 1 saturated heterocycles. The average Bonchev–Trinajstić information content (AvgIpc) is 2.59. The maximum absolute atomic E-state index is 12.4. The molecule has 25 heavy (non-hydrogen) atoms. The fraction of sp³-hybridized carbons (Fsp3) is 0.588. The maximum Gasteiger partial charge on any atom is 0.240 e. The lowest BCUT2D eigenvalue weighted by Gasteiger charge is -2.26. The topological polar surface area (TPSA) is 87.7 Å². The predicted octanol–water partition coefficient (Wildman–Crippen LogP) is 1.81. The largest absolute Gasteiger partial charge is 0.495 e. The minimum absolute atomic E-state index is 0.122. The number of carbonyl (C=O) groups excluding carboxylic acids is 1. The smallest absolute Gasteiger partial charge is 0.240 e. The Morgan fingerprint density at radius 3 is 2.60 bits per heavy atom. The van der Waals surface area contributed by atoms with E-state index in [1.54, 1.807) is 0 Å². The molecule has 0 aliphatic carbocycles. The van der Waals surface area contributed by atoms with Crippen LogP contribution in [0.1, 0.15) is 32.6 Å². The summed E-state index contributed by atoms with van der Waals surface area (Å²) in [5, 5.41) is 2.61. The van der Waals surface area contributed by atoms with Crippen LogP contribution in [-0.4, -0.2) is 52.5 Å². The van der Waals surface area contributed by atoms with Crippen molar-refractivity contribution in [1.29, 1.82) is 0 Å². The molecule has 140 valence electrons. The summed E-state index contributed by atoms with van der Waals surface area (Å²) in [6.07, 6.45) is 4.53. The third-order valence-electron chi connectivity index (χ3n) is 4.19. The Morgan fingerprint density at radius 1 is 1.24 bits per heavy atom. The van der Waals surface area contributed by atoms with E-state index in [0.717, 1.165) is 26.1 Å². The maximum atomic E-state index is 12.4. The van der Waals surface area contributed by atoms with E-state index in [-0.39, 0.29) is 10.8 Å². The quantitative estimate of drug-likeness (QED) is 0.683. The van der Waals surface area contributed by atoms with Crippen molar-refractivity contribution in [3.05, 3.63) is 18.2 Å². The van der Waals surface area contributed by atoms with Crippen LogP contribution in [0.3, 0.4) is 0 Å². The number of nitrogens with one attached hydrogen (secondary N) is 2. The van der Waals surface area contributed by atoms with Crippen LogP contribution in [0.4, 0.5) is 5.69 Å². The van der Waals surface area contributed by atoms with Crippen molar-refractivity contribution < 1.29 is 17.9 Å². The van der Waals surface area contributed by atoms with E-state index in [9.17, 15) is 13.2 Å². The Hall–Kier alpha value is -1.64. The van der Waals surface area contributed by atoms with Crippen molar-refractivity contribution in [1.82, 2.24) is 9.62 Å². The fourth-order valence-electron chi connectivity index (χ4n) is 2.91. The number of methoxy groups -OCH3 is 1. The van der Waals surface area contributed by atoms with Crippen molar-refractivity contribution >= 4 is 21.6 Å². The number of ether oxygens (including phenoxy) is 1. The Labute approximate surface area is 149 Å². The molecule has 2 rings (SSSR count). The molecule has 0 unspecified atom stereocenters. The summed E-state index contributed by atoms with van der Waals surface area (Å²) < 4.78 is 32.6. The van der Waals surface area contributed by atoms with E-state index >= 15 is 0 Å². The van der Waals surface area contributed by atoms with E-state index in [2.05, 4.69) is 14.9 Å². The number of rotatable bonds is 8. The zero-order valence-electron chi connectivity index (χ0n) is 14.9. The molecule has 1 aromatic rings. The van der Waals surface area contributed by atoms with Crippen molar-refractivity contribution in [3.8, 4) is 5.75 Å². The standard InChI is InChI=1S/C17H27N3O4S/c1-14(21)19-16-8-7-15(13-17(16)24-2)25(22,23)18-9-6-12-20-10-4-3-5-11-20/h7-8,13,18H,3-6,9-12H2,1-2H3,(H,19,21). The molecule has 1 amide bonds. The third kappa shape index (κ3) is 5.98.